The topological polar surface area (TPSA) is 80.5 Å². The van der Waals surface area contributed by atoms with E-state index in [0.717, 1.165) is 26.2 Å². The van der Waals surface area contributed by atoms with Crippen LogP contribution in [0, 0.1) is 11.3 Å². The van der Waals surface area contributed by atoms with Gasteiger partial charge in [-0.3, -0.25) is 14.7 Å². The first-order valence-electron chi connectivity index (χ1n) is 8.13. The van der Waals surface area contributed by atoms with Gasteiger partial charge in [-0.25, -0.2) is 0 Å². The van der Waals surface area contributed by atoms with Gasteiger partial charge < -0.3 is 14.6 Å². The Morgan fingerprint density at radius 3 is 3.00 bits per heavy atom. The molecule has 24 heavy (non-hydrogen) atoms. The Morgan fingerprint density at radius 1 is 1.33 bits per heavy atom. The zero-order chi connectivity index (χ0) is 16.4. The molecule has 2 aliphatic heterocycles. The van der Waals surface area contributed by atoms with Crippen molar-refractivity contribution < 1.29 is 14.1 Å². The molecule has 2 fully saturated rings. The zero-order valence-corrected chi connectivity index (χ0v) is 13.4. The van der Waals surface area contributed by atoms with E-state index in [1.165, 1.54) is 11.8 Å². The van der Waals surface area contributed by atoms with Crippen LogP contribution in [0.1, 0.15) is 16.1 Å². The average Bonchev–Trinajstić information content (AvgIpc) is 3.29. The number of nitrogens with one attached hydrogen (secondary N) is 1. The van der Waals surface area contributed by atoms with Crippen molar-refractivity contribution in [2.75, 3.05) is 32.8 Å². The van der Waals surface area contributed by atoms with Gasteiger partial charge in [-0.2, -0.15) is 0 Å². The molecule has 7 heteroatoms. The molecule has 7 nitrogen and oxygen atoms in total. The average molecular weight is 328 g/mol. The highest BCUT2D eigenvalue weighted by Crippen LogP contribution is 2.41. The molecular formula is C17H20N4O3. The van der Waals surface area contributed by atoms with Crippen molar-refractivity contribution in [2.45, 2.75) is 6.54 Å². The van der Waals surface area contributed by atoms with Crippen LogP contribution in [0.3, 0.4) is 0 Å². The van der Waals surface area contributed by atoms with E-state index >= 15 is 0 Å². The van der Waals surface area contributed by atoms with Crippen LogP contribution in [0.25, 0.3) is 0 Å². The van der Waals surface area contributed by atoms with Gasteiger partial charge in [0.2, 0.25) is 5.76 Å². The third-order valence-electron chi connectivity index (χ3n) is 5.01. The summed E-state index contributed by atoms with van der Waals surface area (Å²) in [5, 5.41) is 6.56. The maximum absolute atomic E-state index is 12.1. The first kappa shape index (κ1) is 15.3. The number of hydrogen-bond donors (Lipinski definition) is 1. The number of rotatable bonds is 5. The second-order valence-corrected chi connectivity index (χ2v) is 6.66. The lowest BCUT2D eigenvalue weighted by Gasteiger charge is -2.27. The Kier molecular flexibility index (Phi) is 4.03. The number of fused-ring (bicyclic) bond motifs is 1. The summed E-state index contributed by atoms with van der Waals surface area (Å²) in [5.41, 5.74) is 1.23. The Balaban J connectivity index is 1.40. The molecule has 2 saturated heterocycles. The quantitative estimate of drug-likeness (QED) is 0.880. The van der Waals surface area contributed by atoms with Crippen LogP contribution in [0.2, 0.25) is 0 Å². The van der Waals surface area contributed by atoms with E-state index in [1.807, 2.05) is 24.5 Å². The number of amides is 1. The van der Waals surface area contributed by atoms with Gasteiger partial charge in [0, 0.05) is 56.0 Å². The van der Waals surface area contributed by atoms with E-state index in [4.69, 9.17) is 9.26 Å². The Bertz CT molecular complexity index is 691. The largest absolute Gasteiger partial charge is 0.380 e. The number of carbonyl (C=O) groups excluding carboxylic acids is 1. The lowest BCUT2D eigenvalue weighted by Crippen LogP contribution is -2.43. The van der Waals surface area contributed by atoms with Crippen molar-refractivity contribution in [2.24, 2.45) is 11.3 Å². The number of aromatic nitrogens is 2. The second-order valence-electron chi connectivity index (χ2n) is 6.66. The summed E-state index contributed by atoms with van der Waals surface area (Å²) in [7, 11) is 0. The van der Waals surface area contributed by atoms with E-state index in [-0.39, 0.29) is 17.1 Å². The molecule has 0 aliphatic carbocycles. The van der Waals surface area contributed by atoms with Gasteiger partial charge in [-0.05, 0) is 17.7 Å². The molecule has 0 spiro atoms. The third kappa shape index (κ3) is 2.92. The fraction of sp³-hybridized carbons (Fsp3) is 0.471. The molecule has 2 atom stereocenters. The molecule has 0 unspecified atom stereocenters. The van der Waals surface area contributed by atoms with Crippen LogP contribution in [-0.4, -0.2) is 53.8 Å². The minimum atomic E-state index is -0.222. The summed E-state index contributed by atoms with van der Waals surface area (Å²) in [4.78, 5) is 18.6. The normalized spacial score (nSPS) is 26.4. The Labute approximate surface area is 140 Å². The summed E-state index contributed by atoms with van der Waals surface area (Å²) >= 11 is 0. The van der Waals surface area contributed by atoms with Crippen molar-refractivity contribution in [3.8, 4) is 0 Å². The van der Waals surface area contributed by atoms with Crippen LogP contribution in [0.15, 0.2) is 41.3 Å². The van der Waals surface area contributed by atoms with Gasteiger partial charge in [0.05, 0.1) is 19.4 Å². The summed E-state index contributed by atoms with van der Waals surface area (Å²) < 4.78 is 10.6. The standard InChI is InChI=1S/C17H20N4O3/c22-16(15-3-6-20-24-15)19-10-17-11-21(8-14(17)9-23-12-17)7-13-1-4-18-5-2-13/h1-6,14H,7-12H2,(H,19,22)/t14-,17+/m1/s1. The van der Waals surface area contributed by atoms with Crippen LogP contribution in [0.5, 0.6) is 0 Å². The number of carbonyl (C=O) groups is 1. The van der Waals surface area contributed by atoms with Crippen molar-refractivity contribution in [3.63, 3.8) is 0 Å². The first-order chi connectivity index (χ1) is 11.8. The Hall–Kier alpha value is -2.25. The van der Waals surface area contributed by atoms with Gasteiger partial charge in [0.1, 0.15) is 0 Å². The number of hydrogen-bond acceptors (Lipinski definition) is 6. The van der Waals surface area contributed by atoms with Gasteiger partial charge in [0.15, 0.2) is 0 Å². The minimum absolute atomic E-state index is 0.0251. The van der Waals surface area contributed by atoms with Gasteiger partial charge in [-0.1, -0.05) is 5.16 Å². The van der Waals surface area contributed by atoms with Crippen molar-refractivity contribution in [1.29, 1.82) is 0 Å². The molecule has 1 N–H and O–H groups in total. The summed E-state index contributed by atoms with van der Waals surface area (Å²) in [6.45, 7) is 4.82. The molecule has 0 saturated carbocycles. The number of ether oxygens (including phenoxy) is 1. The monoisotopic (exact) mass is 328 g/mol. The van der Waals surface area contributed by atoms with E-state index in [0.29, 0.717) is 19.1 Å². The van der Waals surface area contributed by atoms with Gasteiger partial charge >= 0.3 is 0 Å². The van der Waals surface area contributed by atoms with Crippen LogP contribution in [-0.2, 0) is 11.3 Å². The molecule has 1 amide bonds. The molecule has 2 aliphatic rings. The third-order valence-corrected chi connectivity index (χ3v) is 5.01. The van der Waals surface area contributed by atoms with E-state index in [1.54, 1.807) is 6.07 Å². The molecule has 126 valence electrons. The highest BCUT2D eigenvalue weighted by Gasteiger charge is 2.50. The highest BCUT2D eigenvalue weighted by atomic mass is 16.5. The fourth-order valence-electron chi connectivity index (χ4n) is 3.74. The van der Waals surface area contributed by atoms with E-state index < -0.39 is 0 Å². The number of pyridine rings is 1. The van der Waals surface area contributed by atoms with Gasteiger partial charge in [-0.15, -0.1) is 0 Å². The highest BCUT2D eigenvalue weighted by molar-refractivity contribution is 5.91. The Morgan fingerprint density at radius 2 is 2.21 bits per heavy atom. The maximum Gasteiger partial charge on any atom is 0.289 e. The maximum atomic E-state index is 12.1. The fourth-order valence-corrected chi connectivity index (χ4v) is 3.74. The summed E-state index contributed by atoms with van der Waals surface area (Å²) in [6.07, 6.45) is 5.12. The van der Waals surface area contributed by atoms with Crippen LogP contribution < -0.4 is 5.32 Å². The zero-order valence-electron chi connectivity index (χ0n) is 13.4. The van der Waals surface area contributed by atoms with E-state index in [2.05, 4.69) is 20.4 Å². The van der Waals surface area contributed by atoms with Crippen molar-refractivity contribution in [1.82, 2.24) is 20.4 Å². The summed E-state index contributed by atoms with van der Waals surface area (Å²) in [6, 6.07) is 5.66. The molecule has 2 aromatic rings. The SMILES string of the molecule is O=C(NC[C@]12COC[C@H]1CN(Cc1ccncc1)C2)c1ccno1. The molecule has 4 rings (SSSR count). The number of likely N-dealkylation sites (tertiary alicyclic amines) is 1. The molecule has 2 aromatic heterocycles. The summed E-state index contributed by atoms with van der Waals surface area (Å²) in [5.74, 6) is 0.461. The minimum Gasteiger partial charge on any atom is -0.380 e. The lowest BCUT2D eigenvalue weighted by molar-refractivity contribution is 0.0869. The second kappa shape index (κ2) is 6.33. The molecule has 0 bridgehead atoms. The smallest absolute Gasteiger partial charge is 0.289 e. The first-order valence-corrected chi connectivity index (χ1v) is 8.13. The molecule has 4 heterocycles. The van der Waals surface area contributed by atoms with E-state index in [9.17, 15) is 4.79 Å². The lowest BCUT2D eigenvalue weighted by atomic mass is 9.81. The van der Waals surface area contributed by atoms with Crippen LogP contribution >= 0.6 is 0 Å². The van der Waals surface area contributed by atoms with Crippen molar-refractivity contribution >= 4 is 5.91 Å². The van der Waals surface area contributed by atoms with Crippen LogP contribution in [0.4, 0.5) is 0 Å². The van der Waals surface area contributed by atoms with Gasteiger partial charge in [0.25, 0.3) is 5.91 Å². The van der Waals surface area contributed by atoms with Crippen molar-refractivity contribution in [3.05, 3.63) is 48.1 Å². The molecule has 0 radical (unpaired) electrons. The predicted octanol–water partition coefficient (Wildman–Crippen LogP) is 0.948. The molecule has 0 aromatic carbocycles. The molecular weight excluding hydrogens is 308 g/mol. The predicted molar refractivity (Wildman–Crippen MR) is 85.1 cm³/mol. The number of nitrogens with zero attached hydrogens (tertiary/aromatic N) is 3.